The minimum atomic E-state index is 0.303. The summed E-state index contributed by atoms with van der Waals surface area (Å²) in [5.41, 5.74) is 1.31. The summed E-state index contributed by atoms with van der Waals surface area (Å²) in [7, 11) is 0. The number of rotatable bonds is 3. The third-order valence-electron chi connectivity index (χ3n) is 2.67. The molecular weight excluding hydrogens is 204 g/mol. The molecule has 2 atom stereocenters. The Bertz CT molecular complexity index is 335. The highest BCUT2D eigenvalue weighted by molar-refractivity contribution is 7.81. The van der Waals surface area contributed by atoms with Gasteiger partial charge in [0.25, 0.3) is 0 Å². The lowest BCUT2D eigenvalue weighted by atomic mass is 10.0. The highest BCUT2D eigenvalue weighted by atomic mass is 32.1. The zero-order valence-electron chi connectivity index (χ0n) is 8.87. The largest absolute Gasteiger partial charge is 0.353 e. The summed E-state index contributed by atoms with van der Waals surface area (Å²) in [6.45, 7) is 4.04. The Hall–Kier alpha value is -0.960. The zero-order chi connectivity index (χ0) is 10.7. The molecule has 0 aromatic heterocycles. The molecule has 3 heteroatoms. The van der Waals surface area contributed by atoms with Crippen molar-refractivity contribution in [3.05, 3.63) is 35.9 Å². The van der Waals surface area contributed by atoms with Crippen molar-refractivity contribution in [3.8, 4) is 0 Å². The van der Waals surface area contributed by atoms with Crippen LogP contribution in [0.5, 0.6) is 0 Å². The molecule has 15 heavy (non-hydrogen) atoms. The molecule has 80 valence electrons. The van der Waals surface area contributed by atoms with E-state index in [-0.39, 0.29) is 0 Å². The van der Waals surface area contributed by atoms with E-state index in [1.807, 2.05) is 12.4 Å². The van der Waals surface area contributed by atoms with Crippen LogP contribution in [0.2, 0.25) is 0 Å². The Balaban J connectivity index is 2.23. The van der Waals surface area contributed by atoms with Crippen LogP contribution in [0.3, 0.4) is 0 Å². The standard InChI is InChI=1S/C12H16N2S/c1-10(15)12(14-8-7-13-9-14)11-5-3-2-4-6-11/h2-6,9-10,12,15H,7-8H2,1H3. The van der Waals surface area contributed by atoms with Gasteiger partial charge in [0, 0.05) is 11.8 Å². The Kier molecular flexibility index (Phi) is 3.31. The second-order valence-corrected chi connectivity index (χ2v) is 4.67. The van der Waals surface area contributed by atoms with Crippen molar-refractivity contribution in [3.63, 3.8) is 0 Å². The summed E-state index contributed by atoms with van der Waals surface area (Å²) < 4.78 is 0. The van der Waals surface area contributed by atoms with Gasteiger partial charge in [-0.15, -0.1) is 0 Å². The Morgan fingerprint density at radius 1 is 1.33 bits per heavy atom. The van der Waals surface area contributed by atoms with Crippen LogP contribution in [-0.4, -0.2) is 29.6 Å². The summed E-state index contributed by atoms with van der Waals surface area (Å²) in [6, 6.07) is 10.8. The topological polar surface area (TPSA) is 15.6 Å². The van der Waals surface area contributed by atoms with Crippen LogP contribution in [0.15, 0.2) is 35.3 Å². The van der Waals surface area contributed by atoms with Crippen LogP contribution < -0.4 is 0 Å². The van der Waals surface area contributed by atoms with Gasteiger partial charge in [0.1, 0.15) is 0 Å². The quantitative estimate of drug-likeness (QED) is 0.773. The monoisotopic (exact) mass is 220 g/mol. The van der Waals surface area contributed by atoms with E-state index in [9.17, 15) is 0 Å². The zero-order valence-corrected chi connectivity index (χ0v) is 9.77. The lowest BCUT2D eigenvalue weighted by Crippen LogP contribution is -2.31. The number of hydrogen-bond acceptors (Lipinski definition) is 3. The van der Waals surface area contributed by atoms with Crippen LogP contribution >= 0.6 is 12.6 Å². The van der Waals surface area contributed by atoms with Gasteiger partial charge in [0.05, 0.1) is 18.9 Å². The molecule has 0 aliphatic carbocycles. The summed E-state index contributed by atoms with van der Waals surface area (Å²) in [6.07, 6.45) is 1.95. The molecule has 2 rings (SSSR count). The van der Waals surface area contributed by atoms with E-state index in [2.05, 4.69) is 53.7 Å². The lowest BCUT2D eigenvalue weighted by molar-refractivity contribution is 0.350. The molecule has 0 saturated heterocycles. The van der Waals surface area contributed by atoms with Crippen LogP contribution in [0.1, 0.15) is 18.5 Å². The predicted octanol–water partition coefficient (Wildman–Crippen LogP) is 2.39. The average Bonchev–Trinajstić information content (AvgIpc) is 2.72. The number of thiol groups is 1. The van der Waals surface area contributed by atoms with Gasteiger partial charge in [0.15, 0.2) is 0 Å². The fourth-order valence-corrected chi connectivity index (χ4v) is 2.35. The molecule has 0 radical (unpaired) electrons. The van der Waals surface area contributed by atoms with Gasteiger partial charge in [-0.2, -0.15) is 12.6 Å². The molecule has 1 aliphatic rings. The fourth-order valence-electron chi connectivity index (χ4n) is 2.00. The molecule has 1 aromatic rings. The van der Waals surface area contributed by atoms with E-state index in [4.69, 9.17) is 0 Å². The highest BCUT2D eigenvalue weighted by Gasteiger charge is 2.23. The summed E-state index contributed by atoms with van der Waals surface area (Å²) >= 11 is 4.58. The van der Waals surface area contributed by atoms with Crippen LogP contribution in [0, 0.1) is 0 Å². The first-order chi connectivity index (χ1) is 7.29. The molecule has 0 fully saturated rings. The summed E-state index contributed by atoms with van der Waals surface area (Å²) in [5.74, 6) is 0. The van der Waals surface area contributed by atoms with Crippen molar-refractivity contribution in [2.24, 2.45) is 4.99 Å². The first kappa shape index (κ1) is 10.6. The van der Waals surface area contributed by atoms with Crippen molar-refractivity contribution in [1.82, 2.24) is 4.90 Å². The van der Waals surface area contributed by atoms with Gasteiger partial charge in [0.2, 0.25) is 0 Å². The Labute approximate surface area is 96.4 Å². The van der Waals surface area contributed by atoms with E-state index in [1.54, 1.807) is 0 Å². The minimum Gasteiger partial charge on any atom is -0.353 e. The molecule has 2 unspecified atom stereocenters. The van der Waals surface area contributed by atoms with Crippen molar-refractivity contribution in [1.29, 1.82) is 0 Å². The maximum atomic E-state index is 4.58. The molecule has 0 amide bonds. The maximum Gasteiger partial charge on any atom is 0.0856 e. The van der Waals surface area contributed by atoms with Crippen LogP contribution in [0.4, 0.5) is 0 Å². The smallest absolute Gasteiger partial charge is 0.0856 e. The third-order valence-corrected chi connectivity index (χ3v) is 2.96. The van der Waals surface area contributed by atoms with E-state index < -0.39 is 0 Å². The molecular formula is C12H16N2S. The van der Waals surface area contributed by atoms with Crippen molar-refractivity contribution >= 4 is 19.0 Å². The molecule has 1 heterocycles. The van der Waals surface area contributed by atoms with E-state index in [1.165, 1.54) is 5.56 Å². The fraction of sp³-hybridized carbons (Fsp3) is 0.417. The molecule has 0 spiro atoms. The van der Waals surface area contributed by atoms with Gasteiger partial charge in [-0.3, -0.25) is 4.99 Å². The van der Waals surface area contributed by atoms with Gasteiger partial charge in [-0.05, 0) is 5.56 Å². The van der Waals surface area contributed by atoms with Crippen molar-refractivity contribution < 1.29 is 0 Å². The van der Waals surface area contributed by atoms with Gasteiger partial charge in [-0.1, -0.05) is 37.3 Å². The second kappa shape index (κ2) is 4.71. The first-order valence-electron chi connectivity index (χ1n) is 5.28. The van der Waals surface area contributed by atoms with E-state index in [0.717, 1.165) is 13.1 Å². The molecule has 0 saturated carbocycles. The molecule has 0 N–H and O–H groups in total. The molecule has 1 aromatic carbocycles. The number of aliphatic imine (C=N–C) groups is 1. The SMILES string of the molecule is CC(S)C(c1ccccc1)N1C=NCC1. The van der Waals surface area contributed by atoms with Crippen LogP contribution in [-0.2, 0) is 0 Å². The van der Waals surface area contributed by atoms with Gasteiger partial charge < -0.3 is 4.90 Å². The Morgan fingerprint density at radius 2 is 2.07 bits per heavy atom. The van der Waals surface area contributed by atoms with E-state index >= 15 is 0 Å². The lowest BCUT2D eigenvalue weighted by Gasteiger charge is -2.30. The van der Waals surface area contributed by atoms with Gasteiger partial charge in [-0.25, -0.2) is 0 Å². The first-order valence-corrected chi connectivity index (χ1v) is 5.79. The van der Waals surface area contributed by atoms with Crippen molar-refractivity contribution in [2.75, 3.05) is 13.1 Å². The maximum absolute atomic E-state index is 4.58. The number of benzene rings is 1. The predicted molar refractivity (Wildman–Crippen MR) is 67.7 cm³/mol. The van der Waals surface area contributed by atoms with Gasteiger partial charge >= 0.3 is 0 Å². The summed E-state index contributed by atoms with van der Waals surface area (Å²) in [5, 5.41) is 0.303. The highest BCUT2D eigenvalue weighted by Crippen LogP contribution is 2.27. The normalized spacial score (nSPS) is 19.2. The molecule has 1 aliphatic heterocycles. The summed E-state index contributed by atoms with van der Waals surface area (Å²) in [4.78, 5) is 6.53. The molecule has 0 bridgehead atoms. The minimum absolute atomic E-state index is 0.303. The van der Waals surface area contributed by atoms with E-state index in [0.29, 0.717) is 11.3 Å². The second-order valence-electron chi connectivity index (χ2n) is 3.86. The van der Waals surface area contributed by atoms with Crippen molar-refractivity contribution in [2.45, 2.75) is 18.2 Å². The number of nitrogens with zero attached hydrogens (tertiary/aromatic N) is 2. The number of hydrogen-bond donors (Lipinski definition) is 1. The third kappa shape index (κ3) is 2.34. The Morgan fingerprint density at radius 3 is 2.60 bits per heavy atom. The van der Waals surface area contributed by atoms with Crippen LogP contribution in [0.25, 0.3) is 0 Å². The average molecular weight is 220 g/mol. The molecule has 2 nitrogen and oxygen atoms in total.